The third kappa shape index (κ3) is 3.03. The lowest BCUT2D eigenvalue weighted by molar-refractivity contribution is 0.155. The van der Waals surface area contributed by atoms with Crippen molar-refractivity contribution < 1.29 is 4.39 Å². The van der Waals surface area contributed by atoms with Gasteiger partial charge in [0, 0.05) is 32.7 Å². The Morgan fingerprint density at radius 1 is 1.12 bits per heavy atom. The third-order valence-corrected chi connectivity index (χ3v) is 3.25. The van der Waals surface area contributed by atoms with Crippen molar-refractivity contribution in [1.82, 2.24) is 9.80 Å². The topological polar surface area (TPSA) is 6.48 Å². The van der Waals surface area contributed by atoms with Crippen LogP contribution in [0.25, 0.3) is 0 Å². The Morgan fingerprint density at radius 3 is 2.50 bits per heavy atom. The lowest BCUT2D eigenvalue weighted by atomic mass is 10.1. The molecule has 1 fully saturated rings. The summed E-state index contributed by atoms with van der Waals surface area (Å²) < 4.78 is 13.4. The standard InChI is InChI=1S/C13H19FN2/c1-15-8-10-16(11-9-15)7-6-12-4-2-3-5-13(12)14/h2-5H,6-11H2,1H3. The molecule has 2 nitrogen and oxygen atoms in total. The number of nitrogens with zero attached hydrogens (tertiary/aromatic N) is 2. The van der Waals surface area contributed by atoms with E-state index in [1.54, 1.807) is 12.1 Å². The summed E-state index contributed by atoms with van der Waals surface area (Å²) in [6, 6.07) is 7.07. The molecule has 1 saturated heterocycles. The van der Waals surface area contributed by atoms with Crippen LogP contribution < -0.4 is 0 Å². The largest absolute Gasteiger partial charge is 0.304 e. The predicted octanol–water partition coefficient (Wildman–Crippen LogP) is 1.62. The highest BCUT2D eigenvalue weighted by atomic mass is 19.1. The molecule has 88 valence electrons. The molecule has 0 bridgehead atoms. The van der Waals surface area contributed by atoms with Gasteiger partial charge in [-0.2, -0.15) is 0 Å². The first kappa shape index (κ1) is 11.6. The van der Waals surface area contributed by atoms with Gasteiger partial charge in [-0.05, 0) is 25.1 Å². The van der Waals surface area contributed by atoms with Crippen LogP contribution in [0.1, 0.15) is 5.56 Å². The number of piperazine rings is 1. The maximum Gasteiger partial charge on any atom is 0.126 e. The van der Waals surface area contributed by atoms with Gasteiger partial charge in [0.15, 0.2) is 0 Å². The maximum atomic E-state index is 13.4. The van der Waals surface area contributed by atoms with E-state index in [0.29, 0.717) is 0 Å². The van der Waals surface area contributed by atoms with Crippen LogP contribution in [-0.2, 0) is 6.42 Å². The second-order valence-corrected chi connectivity index (χ2v) is 4.49. The Balaban J connectivity index is 1.81. The van der Waals surface area contributed by atoms with Crippen molar-refractivity contribution in [3.8, 4) is 0 Å². The van der Waals surface area contributed by atoms with Gasteiger partial charge in [-0.25, -0.2) is 4.39 Å². The van der Waals surface area contributed by atoms with Crippen molar-refractivity contribution in [2.75, 3.05) is 39.8 Å². The molecule has 0 unspecified atom stereocenters. The number of halogens is 1. The Hall–Kier alpha value is -0.930. The summed E-state index contributed by atoms with van der Waals surface area (Å²) in [5, 5.41) is 0. The van der Waals surface area contributed by atoms with Crippen LogP contribution in [0.5, 0.6) is 0 Å². The van der Waals surface area contributed by atoms with Crippen molar-refractivity contribution in [2.24, 2.45) is 0 Å². The minimum absolute atomic E-state index is 0.0726. The molecule has 0 radical (unpaired) electrons. The number of likely N-dealkylation sites (N-methyl/N-ethyl adjacent to an activating group) is 1. The lowest BCUT2D eigenvalue weighted by Gasteiger charge is -2.32. The van der Waals surface area contributed by atoms with Crippen molar-refractivity contribution >= 4 is 0 Å². The molecule has 0 aromatic heterocycles. The molecule has 1 heterocycles. The molecule has 3 heteroatoms. The van der Waals surface area contributed by atoms with E-state index >= 15 is 0 Å². The van der Waals surface area contributed by atoms with Crippen LogP contribution in [0.15, 0.2) is 24.3 Å². The third-order valence-electron chi connectivity index (χ3n) is 3.25. The second kappa shape index (κ2) is 5.41. The van der Waals surface area contributed by atoms with E-state index in [2.05, 4.69) is 16.8 Å². The highest BCUT2D eigenvalue weighted by Gasteiger charge is 2.13. The molecule has 0 aliphatic carbocycles. The van der Waals surface area contributed by atoms with Crippen molar-refractivity contribution in [1.29, 1.82) is 0 Å². The van der Waals surface area contributed by atoms with Gasteiger partial charge in [-0.15, -0.1) is 0 Å². The van der Waals surface area contributed by atoms with E-state index < -0.39 is 0 Å². The molecule has 1 aliphatic rings. The average molecular weight is 222 g/mol. The van der Waals surface area contributed by atoms with Gasteiger partial charge in [-0.1, -0.05) is 18.2 Å². The van der Waals surface area contributed by atoms with E-state index in [4.69, 9.17) is 0 Å². The number of hydrogen-bond acceptors (Lipinski definition) is 2. The minimum atomic E-state index is -0.0726. The van der Waals surface area contributed by atoms with Gasteiger partial charge in [0.2, 0.25) is 0 Å². The van der Waals surface area contributed by atoms with E-state index in [9.17, 15) is 4.39 Å². The Kier molecular flexibility index (Phi) is 3.91. The molecule has 0 saturated carbocycles. The summed E-state index contributed by atoms with van der Waals surface area (Å²) in [6.07, 6.45) is 0.816. The van der Waals surface area contributed by atoms with Crippen molar-refractivity contribution in [3.63, 3.8) is 0 Å². The molecule has 0 N–H and O–H groups in total. The second-order valence-electron chi connectivity index (χ2n) is 4.49. The quantitative estimate of drug-likeness (QED) is 0.766. The fraction of sp³-hybridized carbons (Fsp3) is 0.538. The van der Waals surface area contributed by atoms with E-state index in [1.807, 2.05) is 12.1 Å². The first-order valence-corrected chi connectivity index (χ1v) is 5.90. The Bertz CT molecular complexity index is 332. The molecule has 16 heavy (non-hydrogen) atoms. The van der Waals surface area contributed by atoms with Gasteiger partial charge in [0.05, 0.1) is 0 Å². The molecule has 1 aromatic rings. The fourth-order valence-corrected chi connectivity index (χ4v) is 2.05. The molecular weight excluding hydrogens is 203 g/mol. The molecule has 0 amide bonds. The molecule has 2 rings (SSSR count). The average Bonchev–Trinajstić information content (AvgIpc) is 2.30. The van der Waals surface area contributed by atoms with Gasteiger partial charge < -0.3 is 9.80 Å². The summed E-state index contributed by atoms with van der Waals surface area (Å²) in [5.41, 5.74) is 0.835. The van der Waals surface area contributed by atoms with Crippen LogP contribution in [0.4, 0.5) is 4.39 Å². The molecule has 1 aliphatic heterocycles. The zero-order valence-corrected chi connectivity index (χ0v) is 9.82. The summed E-state index contributed by atoms with van der Waals surface area (Å²) in [5.74, 6) is -0.0726. The van der Waals surface area contributed by atoms with Crippen molar-refractivity contribution in [2.45, 2.75) is 6.42 Å². The highest BCUT2D eigenvalue weighted by Crippen LogP contribution is 2.08. The summed E-state index contributed by atoms with van der Waals surface area (Å²) in [6.45, 7) is 5.42. The molecular formula is C13H19FN2. The van der Waals surface area contributed by atoms with Crippen molar-refractivity contribution in [3.05, 3.63) is 35.6 Å². The SMILES string of the molecule is CN1CCN(CCc2ccccc2F)CC1. The lowest BCUT2D eigenvalue weighted by Crippen LogP contribution is -2.45. The van der Waals surface area contributed by atoms with E-state index in [-0.39, 0.29) is 5.82 Å². The molecule has 0 atom stereocenters. The first-order chi connectivity index (χ1) is 7.75. The zero-order chi connectivity index (χ0) is 11.4. The van der Waals surface area contributed by atoms with Crippen LogP contribution in [0.3, 0.4) is 0 Å². The number of benzene rings is 1. The highest BCUT2D eigenvalue weighted by molar-refractivity contribution is 5.17. The fourth-order valence-electron chi connectivity index (χ4n) is 2.05. The Labute approximate surface area is 96.7 Å². The van der Waals surface area contributed by atoms with Gasteiger partial charge in [-0.3, -0.25) is 0 Å². The van der Waals surface area contributed by atoms with Crippen LogP contribution in [-0.4, -0.2) is 49.6 Å². The molecule has 1 aromatic carbocycles. The first-order valence-electron chi connectivity index (χ1n) is 5.90. The van der Waals surface area contributed by atoms with Crippen LogP contribution in [0.2, 0.25) is 0 Å². The van der Waals surface area contributed by atoms with E-state index in [0.717, 1.165) is 44.7 Å². The smallest absolute Gasteiger partial charge is 0.126 e. The summed E-state index contributed by atoms with van der Waals surface area (Å²) >= 11 is 0. The van der Waals surface area contributed by atoms with Gasteiger partial charge in [0.25, 0.3) is 0 Å². The van der Waals surface area contributed by atoms with E-state index in [1.165, 1.54) is 0 Å². The summed E-state index contributed by atoms with van der Waals surface area (Å²) in [4.78, 5) is 4.74. The van der Waals surface area contributed by atoms with Crippen LogP contribution in [0, 0.1) is 5.82 Å². The normalized spacial score (nSPS) is 18.9. The number of hydrogen-bond donors (Lipinski definition) is 0. The Morgan fingerprint density at radius 2 is 1.81 bits per heavy atom. The zero-order valence-electron chi connectivity index (χ0n) is 9.82. The summed E-state index contributed by atoms with van der Waals surface area (Å²) in [7, 11) is 2.15. The van der Waals surface area contributed by atoms with Crippen LogP contribution >= 0.6 is 0 Å². The minimum Gasteiger partial charge on any atom is -0.304 e. The number of rotatable bonds is 3. The maximum absolute atomic E-state index is 13.4. The monoisotopic (exact) mass is 222 g/mol. The molecule has 0 spiro atoms. The van der Waals surface area contributed by atoms with Gasteiger partial charge in [0.1, 0.15) is 5.82 Å². The predicted molar refractivity (Wildman–Crippen MR) is 64.0 cm³/mol. The van der Waals surface area contributed by atoms with Gasteiger partial charge >= 0.3 is 0 Å².